The Morgan fingerprint density at radius 1 is 1.06 bits per heavy atom. The Morgan fingerprint density at radius 3 is 2.56 bits per heavy atom. The fourth-order valence-corrected chi connectivity index (χ4v) is 4.74. The summed E-state index contributed by atoms with van der Waals surface area (Å²) in [4.78, 5) is 28.4. The third-order valence-corrected chi connectivity index (χ3v) is 6.47. The molecular weight excluding hydrogens is 456 g/mol. The third kappa shape index (κ3) is 4.12. The maximum Gasteiger partial charge on any atom is 0.270 e. The number of nitro benzene ring substituents is 1. The summed E-state index contributed by atoms with van der Waals surface area (Å²) in [7, 11) is 0. The molecule has 8 nitrogen and oxygen atoms in total. The van der Waals surface area contributed by atoms with Crippen molar-refractivity contribution < 1.29 is 14.1 Å². The summed E-state index contributed by atoms with van der Waals surface area (Å²) >= 11 is 6.35. The molecule has 2 aromatic carbocycles. The number of carbonyl (C=O) groups is 1. The van der Waals surface area contributed by atoms with E-state index in [1.807, 2.05) is 52.8 Å². The largest absolute Gasteiger partial charge is 0.460 e. The fraction of sp³-hybridized carbons (Fsp3) is 0.240. The number of nitrogens with zero attached hydrogens (tertiary/aromatic N) is 4. The van der Waals surface area contributed by atoms with Crippen molar-refractivity contribution in [3.05, 3.63) is 92.8 Å². The highest BCUT2D eigenvalue weighted by molar-refractivity contribution is 6.33. The van der Waals surface area contributed by atoms with Crippen molar-refractivity contribution >= 4 is 40.0 Å². The van der Waals surface area contributed by atoms with Gasteiger partial charge in [-0.25, -0.2) is 0 Å². The zero-order valence-electron chi connectivity index (χ0n) is 18.6. The smallest absolute Gasteiger partial charge is 0.270 e. The van der Waals surface area contributed by atoms with Crippen LogP contribution < -0.4 is 4.90 Å². The van der Waals surface area contributed by atoms with Crippen molar-refractivity contribution in [2.75, 3.05) is 31.1 Å². The lowest BCUT2D eigenvalue weighted by molar-refractivity contribution is -0.384. The van der Waals surface area contributed by atoms with Crippen molar-refractivity contribution in [1.29, 1.82) is 0 Å². The molecule has 2 aromatic heterocycles. The summed E-state index contributed by atoms with van der Waals surface area (Å²) in [5, 5.41) is 11.9. The number of non-ortho nitro benzene ring substituents is 1. The molecule has 1 fully saturated rings. The standard InChI is InChI=1S/C25H23ClN4O4/c1-17-13-22-24(34-17)15-23(29(22)16-18-5-4-6-19(14-18)30(32)33)25(31)28-11-9-27(10-12-28)21-8-3-2-7-20(21)26/h2-8,13-15H,9-12,16H2,1H3. The van der Waals surface area contributed by atoms with Crippen molar-refractivity contribution in [1.82, 2.24) is 9.47 Å². The quantitative estimate of drug-likeness (QED) is 0.294. The first kappa shape index (κ1) is 22.0. The van der Waals surface area contributed by atoms with Crippen LogP contribution in [-0.4, -0.2) is 46.5 Å². The van der Waals surface area contributed by atoms with Crippen LogP contribution in [0.5, 0.6) is 0 Å². The van der Waals surface area contributed by atoms with Crippen LogP contribution in [0.4, 0.5) is 11.4 Å². The lowest BCUT2D eigenvalue weighted by Gasteiger charge is -2.36. The molecular formula is C25H23ClN4O4. The van der Waals surface area contributed by atoms with E-state index in [1.54, 1.807) is 12.1 Å². The van der Waals surface area contributed by atoms with Crippen LogP contribution in [0.1, 0.15) is 21.8 Å². The van der Waals surface area contributed by atoms with Gasteiger partial charge in [0.1, 0.15) is 11.5 Å². The SMILES string of the molecule is Cc1cc2c(cc(C(=O)N3CCN(c4ccccc4Cl)CC3)n2Cc2cccc([N+](=O)[O-])c2)o1. The Bertz CT molecular complexity index is 1380. The molecule has 0 unspecified atom stereocenters. The average molecular weight is 479 g/mol. The number of halogens is 1. The number of rotatable bonds is 5. The van der Waals surface area contributed by atoms with E-state index in [2.05, 4.69) is 4.90 Å². The molecule has 0 N–H and O–H groups in total. The Hall–Kier alpha value is -3.78. The molecule has 1 aliphatic heterocycles. The second-order valence-corrected chi connectivity index (χ2v) is 8.79. The highest BCUT2D eigenvalue weighted by Gasteiger charge is 2.27. The van der Waals surface area contributed by atoms with Gasteiger partial charge in [0.2, 0.25) is 0 Å². The van der Waals surface area contributed by atoms with Gasteiger partial charge in [0.05, 0.1) is 21.2 Å². The normalized spacial score (nSPS) is 14.1. The van der Waals surface area contributed by atoms with Crippen LogP contribution in [0.3, 0.4) is 0 Å². The molecule has 1 aliphatic rings. The van der Waals surface area contributed by atoms with Crippen LogP contribution in [0.15, 0.2) is 65.1 Å². The number of anilines is 1. The number of amides is 1. The lowest BCUT2D eigenvalue weighted by atomic mass is 10.2. The topological polar surface area (TPSA) is 84.8 Å². The first-order chi connectivity index (χ1) is 16.4. The van der Waals surface area contributed by atoms with E-state index in [-0.39, 0.29) is 11.6 Å². The summed E-state index contributed by atoms with van der Waals surface area (Å²) in [6, 6.07) is 17.8. The van der Waals surface area contributed by atoms with E-state index >= 15 is 0 Å². The summed E-state index contributed by atoms with van der Waals surface area (Å²) in [5.74, 6) is 0.651. The minimum absolute atomic E-state index is 0.0212. The second-order valence-electron chi connectivity index (χ2n) is 8.38. The number of hydrogen-bond acceptors (Lipinski definition) is 5. The van der Waals surface area contributed by atoms with E-state index in [4.69, 9.17) is 16.0 Å². The van der Waals surface area contributed by atoms with Gasteiger partial charge in [-0.05, 0) is 24.6 Å². The molecule has 5 rings (SSSR count). The summed E-state index contributed by atoms with van der Waals surface area (Å²) in [6.07, 6.45) is 0. The van der Waals surface area contributed by atoms with Gasteiger partial charge in [0, 0.05) is 57.0 Å². The maximum atomic E-state index is 13.6. The molecule has 3 heterocycles. The van der Waals surface area contributed by atoms with Gasteiger partial charge in [0.25, 0.3) is 11.6 Å². The molecule has 0 bridgehead atoms. The Morgan fingerprint density at radius 2 is 1.82 bits per heavy atom. The molecule has 0 spiro atoms. The minimum Gasteiger partial charge on any atom is -0.460 e. The van der Waals surface area contributed by atoms with Crippen LogP contribution in [0, 0.1) is 17.0 Å². The number of carbonyl (C=O) groups excluding carboxylic acids is 1. The van der Waals surface area contributed by atoms with E-state index in [9.17, 15) is 14.9 Å². The predicted molar refractivity (Wildman–Crippen MR) is 131 cm³/mol. The third-order valence-electron chi connectivity index (χ3n) is 6.15. The van der Waals surface area contributed by atoms with Gasteiger partial charge in [-0.2, -0.15) is 0 Å². The van der Waals surface area contributed by atoms with Gasteiger partial charge in [-0.1, -0.05) is 35.9 Å². The van der Waals surface area contributed by atoms with E-state index in [1.165, 1.54) is 12.1 Å². The van der Waals surface area contributed by atoms with Gasteiger partial charge >= 0.3 is 0 Å². The molecule has 9 heteroatoms. The van der Waals surface area contributed by atoms with Crippen LogP contribution >= 0.6 is 11.6 Å². The number of para-hydroxylation sites is 1. The van der Waals surface area contributed by atoms with Crippen molar-refractivity contribution in [3.8, 4) is 0 Å². The molecule has 174 valence electrons. The summed E-state index contributed by atoms with van der Waals surface area (Å²) in [6.45, 7) is 4.66. The molecule has 34 heavy (non-hydrogen) atoms. The number of piperazine rings is 1. The monoisotopic (exact) mass is 478 g/mol. The summed E-state index contributed by atoms with van der Waals surface area (Å²) < 4.78 is 7.67. The highest BCUT2D eigenvalue weighted by atomic mass is 35.5. The molecule has 0 atom stereocenters. The first-order valence-electron chi connectivity index (χ1n) is 11.0. The highest BCUT2D eigenvalue weighted by Crippen LogP contribution is 2.29. The van der Waals surface area contributed by atoms with Gasteiger partial charge < -0.3 is 18.8 Å². The number of aryl methyl sites for hydroxylation is 1. The Balaban J connectivity index is 1.41. The van der Waals surface area contributed by atoms with Crippen LogP contribution in [0.25, 0.3) is 11.1 Å². The van der Waals surface area contributed by atoms with Crippen molar-refractivity contribution in [2.24, 2.45) is 0 Å². The minimum atomic E-state index is -0.415. The first-order valence-corrected chi connectivity index (χ1v) is 11.4. The maximum absolute atomic E-state index is 13.6. The zero-order valence-corrected chi connectivity index (χ0v) is 19.4. The number of hydrogen-bond donors (Lipinski definition) is 0. The Kier molecular flexibility index (Phi) is 5.75. The Labute approximate surface area is 201 Å². The predicted octanol–water partition coefficient (Wildman–Crippen LogP) is 5.12. The van der Waals surface area contributed by atoms with Gasteiger partial charge in [0.15, 0.2) is 5.58 Å². The molecule has 4 aromatic rings. The summed E-state index contributed by atoms with van der Waals surface area (Å²) in [5.41, 5.74) is 3.66. The fourth-order valence-electron chi connectivity index (χ4n) is 4.48. The van der Waals surface area contributed by atoms with Gasteiger partial charge in [-0.15, -0.1) is 0 Å². The van der Waals surface area contributed by atoms with Crippen molar-refractivity contribution in [2.45, 2.75) is 13.5 Å². The van der Waals surface area contributed by atoms with E-state index < -0.39 is 4.92 Å². The molecule has 0 saturated carbocycles. The number of benzene rings is 2. The zero-order chi connectivity index (χ0) is 23.8. The number of aromatic nitrogens is 1. The molecule has 1 amide bonds. The molecule has 0 aliphatic carbocycles. The second kappa shape index (κ2) is 8.87. The molecule has 0 radical (unpaired) electrons. The van der Waals surface area contributed by atoms with Crippen LogP contribution in [-0.2, 0) is 6.54 Å². The number of furan rings is 1. The van der Waals surface area contributed by atoms with Gasteiger partial charge in [-0.3, -0.25) is 14.9 Å². The van der Waals surface area contributed by atoms with E-state index in [0.29, 0.717) is 49.0 Å². The molecule has 1 saturated heterocycles. The van der Waals surface area contributed by atoms with E-state index in [0.717, 1.165) is 22.5 Å². The average Bonchev–Trinajstić information content (AvgIpc) is 3.36. The lowest BCUT2D eigenvalue weighted by Crippen LogP contribution is -2.49. The van der Waals surface area contributed by atoms with Crippen molar-refractivity contribution in [3.63, 3.8) is 0 Å². The number of fused-ring (bicyclic) bond motifs is 1. The van der Waals surface area contributed by atoms with Crippen LogP contribution in [0.2, 0.25) is 5.02 Å². The number of nitro groups is 1.